The number of halogens is 1. The number of amides is 1. The number of aromatic amines is 1. The number of nitrogens with zero attached hydrogens (tertiary/aromatic N) is 1. The lowest BCUT2D eigenvalue weighted by molar-refractivity contribution is -0.131. The van der Waals surface area contributed by atoms with Gasteiger partial charge in [-0.2, -0.15) is 0 Å². The van der Waals surface area contributed by atoms with Crippen LogP contribution in [0.5, 0.6) is 5.75 Å². The van der Waals surface area contributed by atoms with Gasteiger partial charge in [0.25, 0.3) is 0 Å². The highest BCUT2D eigenvalue weighted by molar-refractivity contribution is 5.90. The molecule has 1 amide bonds. The maximum absolute atomic E-state index is 14.0. The number of likely N-dealkylation sites (N-methyl/N-ethyl adjacent to an activating group) is 1. The normalized spacial score (nSPS) is 12.3. The van der Waals surface area contributed by atoms with Crippen molar-refractivity contribution in [2.45, 2.75) is 26.4 Å². The second-order valence-electron chi connectivity index (χ2n) is 6.61. The molecule has 3 N–H and O–H groups in total. The molecule has 0 saturated carbocycles. The summed E-state index contributed by atoms with van der Waals surface area (Å²) in [6, 6.07) is 11.2. The molecule has 0 unspecified atom stereocenters. The maximum atomic E-state index is 14.0. The number of carbonyl (C=O) groups is 1. The number of para-hydroxylation sites is 1. The molecule has 0 fully saturated rings. The third-order valence-electron chi connectivity index (χ3n) is 4.81. The number of benzene rings is 2. The number of hydrogen-bond donors (Lipinski definition) is 3. The highest BCUT2D eigenvalue weighted by Crippen LogP contribution is 2.25. The molecule has 142 valence electrons. The minimum atomic E-state index is -0.900. The Bertz CT molecular complexity index is 967. The molecule has 3 aromatic rings. The van der Waals surface area contributed by atoms with Gasteiger partial charge in [-0.1, -0.05) is 24.3 Å². The van der Waals surface area contributed by atoms with Crippen molar-refractivity contribution in [2.75, 3.05) is 13.1 Å². The summed E-state index contributed by atoms with van der Waals surface area (Å²) in [4.78, 5) is 17.4. The van der Waals surface area contributed by atoms with Crippen LogP contribution in [-0.4, -0.2) is 39.1 Å². The number of aromatic nitrogens is 1. The Morgan fingerprint density at radius 2 is 2.00 bits per heavy atom. The number of aromatic hydroxyl groups is 1. The van der Waals surface area contributed by atoms with Gasteiger partial charge < -0.3 is 20.1 Å². The summed E-state index contributed by atoms with van der Waals surface area (Å²) in [6.45, 7) is 4.22. The van der Waals surface area contributed by atoms with Crippen LogP contribution < -0.4 is 0 Å². The number of aliphatic hydroxyl groups excluding tert-OH is 1. The fourth-order valence-corrected chi connectivity index (χ4v) is 3.31. The molecule has 0 spiro atoms. The van der Waals surface area contributed by atoms with E-state index in [0.29, 0.717) is 23.0 Å². The maximum Gasteiger partial charge on any atom is 0.227 e. The van der Waals surface area contributed by atoms with E-state index in [9.17, 15) is 19.4 Å². The van der Waals surface area contributed by atoms with E-state index >= 15 is 0 Å². The first-order valence-corrected chi connectivity index (χ1v) is 8.91. The van der Waals surface area contributed by atoms with E-state index in [0.717, 1.165) is 11.3 Å². The van der Waals surface area contributed by atoms with Gasteiger partial charge in [0.2, 0.25) is 5.91 Å². The predicted octanol–water partition coefficient (Wildman–Crippen LogP) is 3.45. The lowest BCUT2D eigenvalue weighted by Gasteiger charge is -2.24. The Kier molecular flexibility index (Phi) is 5.46. The summed E-state index contributed by atoms with van der Waals surface area (Å²) < 4.78 is 14.0. The number of H-pyrrole nitrogens is 1. The van der Waals surface area contributed by atoms with E-state index in [1.165, 1.54) is 18.2 Å². The lowest BCUT2D eigenvalue weighted by atomic mass is 10.1. The largest absolute Gasteiger partial charge is 0.508 e. The zero-order valence-corrected chi connectivity index (χ0v) is 15.4. The van der Waals surface area contributed by atoms with Crippen LogP contribution in [0.4, 0.5) is 4.39 Å². The summed E-state index contributed by atoms with van der Waals surface area (Å²) in [6.07, 6.45) is -0.780. The predicted molar refractivity (Wildman–Crippen MR) is 102 cm³/mol. The average molecular weight is 370 g/mol. The Morgan fingerprint density at radius 1 is 1.26 bits per heavy atom. The second-order valence-corrected chi connectivity index (χ2v) is 6.61. The van der Waals surface area contributed by atoms with Gasteiger partial charge in [-0.15, -0.1) is 0 Å². The number of phenols is 1. The third-order valence-corrected chi connectivity index (χ3v) is 4.81. The molecule has 0 aliphatic heterocycles. The number of aliphatic hydroxyl groups is 1. The van der Waals surface area contributed by atoms with Crippen molar-refractivity contribution in [1.82, 2.24) is 9.88 Å². The molecule has 5 nitrogen and oxygen atoms in total. The quantitative estimate of drug-likeness (QED) is 0.622. The molecule has 1 atom stereocenters. The van der Waals surface area contributed by atoms with Crippen LogP contribution in [0.2, 0.25) is 0 Å². The fourth-order valence-electron chi connectivity index (χ4n) is 3.31. The number of aryl methyl sites for hydroxylation is 1. The molecule has 0 radical (unpaired) electrons. The first kappa shape index (κ1) is 18.9. The summed E-state index contributed by atoms with van der Waals surface area (Å²) in [5.74, 6) is -0.428. The van der Waals surface area contributed by atoms with E-state index < -0.39 is 6.10 Å². The Labute approximate surface area is 157 Å². The van der Waals surface area contributed by atoms with E-state index in [1.54, 1.807) is 29.2 Å². The highest BCUT2D eigenvalue weighted by atomic mass is 19.1. The summed E-state index contributed by atoms with van der Waals surface area (Å²) in [7, 11) is 0. The Morgan fingerprint density at radius 3 is 2.70 bits per heavy atom. The van der Waals surface area contributed by atoms with Crippen molar-refractivity contribution >= 4 is 16.8 Å². The van der Waals surface area contributed by atoms with Crippen molar-refractivity contribution in [3.05, 3.63) is 65.1 Å². The highest BCUT2D eigenvalue weighted by Gasteiger charge is 2.21. The van der Waals surface area contributed by atoms with E-state index in [2.05, 4.69) is 4.98 Å². The molecular weight excluding hydrogens is 347 g/mol. The zero-order valence-electron chi connectivity index (χ0n) is 15.4. The van der Waals surface area contributed by atoms with Gasteiger partial charge >= 0.3 is 0 Å². The van der Waals surface area contributed by atoms with Crippen LogP contribution in [0.15, 0.2) is 42.5 Å². The topological polar surface area (TPSA) is 76.6 Å². The van der Waals surface area contributed by atoms with Gasteiger partial charge in [0.1, 0.15) is 11.6 Å². The molecule has 0 bridgehead atoms. The first-order chi connectivity index (χ1) is 12.9. The van der Waals surface area contributed by atoms with Crippen molar-refractivity contribution in [3.63, 3.8) is 0 Å². The smallest absolute Gasteiger partial charge is 0.227 e. The standard InChI is InChI=1S/C21H23FN2O3/c1-3-24(12-19(26)14-6-4-7-15(25)10-14)20(27)11-17-13(2)23-21-16(17)8-5-9-18(21)22/h4-10,19,23,25-26H,3,11-12H2,1-2H3/t19-/m1/s1. The monoisotopic (exact) mass is 370 g/mol. The molecule has 6 heteroatoms. The molecule has 2 aromatic carbocycles. The van der Waals surface area contributed by atoms with E-state index in [1.807, 2.05) is 13.8 Å². The molecular formula is C21H23FN2O3. The van der Waals surface area contributed by atoms with E-state index in [4.69, 9.17) is 0 Å². The van der Waals surface area contributed by atoms with Gasteiger partial charge in [-0.3, -0.25) is 4.79 Å². The number of hydrogen-bond acceptors (Lipinski definition) is 3. The van der Waals surface area contributed by atoms with Gasteiger partial charge in [0, 0.05) is 17.6 Å². The molecule has 1 aromatic heterocycles. The molecule has 0 aliphatic carbocycles. The van der Waals surface area contributed by atoms with Crippen LogP contribution >= 0.6 is 0 Å². The lowest BCUT2D eigenvalue weighted by Crippen LogP contribution is -2.35. The van der Waals surface area contributed by atoms with Crippen LogP contribution in [0.1, 0.15) is 29.8 Å². The van der Waals surface area contributed by atoms with Gasteiger partial charge in [-0.05, 0) is 43.2 Å². The van der Waals surface area contributed by atoms with Crippen molar-refractivity contribution in [2.24, 2.45) is 0 Å². The number of rotatable bonds is 6. The molecule has 27 heavy (non-hydrogen) atoms. The zero-order chi connectivity index (χ0) is 19.6. The average Bonchev–Trinajstić information content (AvgIpc) is 2.96. The van der Waals surface area contributed by atoms with Crippen LogP contribution in [-0.2, 0) is 11.2 Å². The van der Waals surface area contributed by atoms with Crippen molar-refractivity contribution in [1.29, 1.82) is 0 Å². The third kappa shape index (κ3) is 3.95. The fraction of sp³-hybridized carbons (Fsp3) is 0.286. The van der Waals surface area contributed by atoms with Gasteiger partial charge in [0.05, 0.1) is 24.6 Å². The second kappa shape index (κ2) is 7.80. The molecule has 0 saturated heterocycles. The summed E-state index contributed by atoms with van der Waals surface area (Å²) in [5, 5.41) is 20.7. The minimum absolute atomic E-state index is 0.0670. The van der Waals surface area contributed by atoms with Crippen molar-refractivity contribution in [3.8, 4) is 5.75 Å². The minimum Gasteiger partial charge on any atom is -0.508 e. The number of phenolic OH excluding ortho intramolecular Hbond substituents is 1. The SMILES string of the molecule is CCN(C[C@@H](O)c1cccc(O)c1)C(=O)Cc1c(C)[nH]c2c(F)cccc12. The van der Waals surface area contributed by atoms with E-state index in [-0.39, 0.29) is 30.4 Å². The summed E-state index contributed by atoms with van der Waals surface area (Å²) in [5.41, 5.74) is 2.47. The van der Waals surface area contributed by atoms with Gasteiger partial charge in [-0.25, -0.2) is 4.39 Å². The molecule has 1 heterocycles. The Balaban J connectivity index is 1.78. The van der Waals surface area contributed by atoms with Gasteiger partial charge in [0.15, 0.2) is 0 Å². The molecule has 3 rings (SSSR count). The van der Waals surface area contributed by atoms with Crippen LogP contribution in [0, 0.1) is 12.7 Å². The van der Waals surface area contributed by atoms with Crippen LogP contribution in [0.3, 0.4) is 0 Å². The number of carbonyl (C=O) groups excluding carboxylic acids is 1. The molecule has 0 aliphatic rings. The first-order valence-electron chi connectivity index (χ1n) is 8.91. The Hall–Kier alpha value is -2.86. The number of nitrogens with one attached hydrogen (secondary N) is 1. The summed E-state index contributed by atoms with van der Waals surface area (Å²) >= 11 is 0. The van der Waals surface area contributed by atoms with Crippen LogP contribution in [0.25, 0.3) is 10.9 Å². The van der Waals surface area contributed by atoms with Crippen molar-refractivity contribution < 1.29 is 19.4 Å². The number of fused-ring (bicyclic) bond motifs is 1.